The first-order chi connectivity index (χ1) is 11.8. The molecular formula is C18H15F3N2O2. The lowest BCUT2D eigenvalue weighted by Gasteiger charge is -2.18. The molecule has 130 valence electrons. The highest BCUT2D eigenvalue weighted by atomic mass is 19.4. The van der Waals surface area contributed by atoms with Crippen molar-refractivity contribution in [2.24, 2.45) is 5.41 Å². The summed E-state index contributed by atoms with van der Waals surface area (Å²) in [5, 5.41) is 4.90. The zero-order valence-electron chi connectivity index (χ0n) is 13.1. The maximum Gasteiger partial charge on any atom is 0.418 e. The van der Waals surface area contributed by atoms with E-state index in [2.05, 4.69) is 10.6 Å². The number of hydrogen-bond acceptors (Lipinski definition) is 2. The van der Waals surface area contributed by atoms with Crippen LogP contribution in [0.25, 0.3) is 0 Å². The van der Waals surface area contributed by atoms with Gasteiger partial charge in [0.25, 0.3) is 0 Å². The molecule has 1 saturated carbocycles. The second-order valence-corrected chi connectivity index (χ2v) is 5.90. The number of halogens is 3. The number of carbonyl (C=O) groups is 2. The van der Waals surface area contributed by atoms with Crippen molar-refractivity contribution in [3.63, 3.8) is 0 Å². The Kier molecular flexibility index (Phi) is 4.24. The summed E-state index contributed by atoms with van der Waals surface area (Å²) in [7, 11) is 0. The van der Waals surface area contributed by atoms with Crippen LogP contribution in [-0.2, 0) is 15.8 Å². The second kappa shape index (κ2) is 6.23. The molecule has 7 heteroatoms. The molecule has 4 nitrogen and oxygen atoms in total. The molecule has 1 aliphatic carbocycles. The molecule has 2 aromatic rings. The fourth-order valence-corrected chi connectivity index (χ4v) is 2.54. The van der Waals surface area contributed by atoms with Crippen molar-refractivity contribution < 1.29 is 22.8 Å². The van der Waals surface area contributed by atoms with E-state index in [1.165, 1.54) is 18.2 Å². The molecule has 0 saturated heterocycles. The van der Waals surface area contributed by atoms with Crippen molar-refractivity contribution in [2.75, 3.05) is 10.6 Å². The van der Waals surface area contributed by atoms with Crippen LogP contribution in [0.5, 0.6) is 0 Å². The Labute approximate surface area is 142 Å². The van der Waals surface area contributed by atoms with Gasteiger partial charge in [0.1, 0.15) is 5.41 Å². The van der Waals surface area contributed by atoms with E-state index in [4.69, 9.17) is 0 Å². The number of rotatable bonds is 4. The van der Waals surface area contributed by atoms with E-state index in [1.807, 2.05) is 0 Å². The fraction of sp³-hybridized carbons (Fsp3) is 0.222. The summed E-state index contributed by atoms with van der Waals surface area (Å²) in [6.45, 7) is 0. The molecule has 0 heterocycles. The molecule has 0 unspecified atom stereocenters. The molecule has 0 aromatic heterocycles. The lowest BCUT2D eigenvalue weighted by Crippen LogP contribution is -2.36. The van der Waals surface area contributed by atoms with Gasteiger partial charge in [-0.15, -0.1) is 0 Å². The van der Waals surface area contributed by atoms with Gasteiger partial charge in [-0.1, -0.05) is 30.3 Å². The quantitative estimate of drug-likeness (QED) is 0.819. The van der Waals surface area contributed by atoms with Gasteiger partial charge in [0.05, 0.1) is 11.3 Å². The molecule has 1 fully saturated rings. The van der Waals surface area contributed by atoms with Crippen LogP contribution in [0.4, 0.5) is 24.5 Å². The first kappa shape index (κ1) is 17.0. The van der Waals surface area contributed by atoms with Crippen LogP contribution in [0.3, 0.4) is 0 Å². The lowest BCUT2D eigenvalue weighted by atomic mass is 10.0. The molecule has 0 aliphatic heterocycles. The number of nitrogens with one attached hydrogen (secondary N) is 2. The Morgan fingerprint density at radius 2 is 1.40 bits per heavy atom. The van der Waals surface area contributed by atoms with E-state index in [0.717, 1.165) is 6.07 Å². The largest absolute Gasteiger partial charge is 0.418 e. The Hall–Kier alpha value is -2.83. The average molecular weight is 348 g/mol. The summed E-state index contributed by atoms with van der Waals surface area (Å²) in [5.74, 6) is -1.24. The fourth-order valence-electron chi connectivity index (χ4n) is 2.54. The predicted molar refractivity (Wildman–Crippen MR) is 86.8 cm³/mol. The molecule has 0 bridgehead atoms. The Morgan fingerprint density at radius 1 is 0.840 bits per heavy atom. The van der Waals surface area contributed by atoms with E-state index < -0.39 is 29.0 Å². The van der Waals surface area contributed by atoms with Crippen LogP contribution < -0.4 is 10.6 Å². The summed E-state index contributed by atoms with van der Waals surface area (Å²) < 4.78 is 39.1. The number of carbonyl (C=O) groups excluding carboxylic acids is 2. The SMILES string of the molecule is O=C(Nc1ccccc1)C1(C(=O)Nc2ccccc2C(F)(F)F)CC1. The molecule has 0 radical (unpaired) electrons. The minimum atomic E-state index is -4.59. The van der Waals surface area contributed by atoms with Crippen LogP contribution in [0, 0.1) is 5.41 Å². The first-order valence-corrected chi connectivity index (χ1v) is 7.67. The van der Waals surface area contributed by atoms with E-state index in [1.54, 1.807) is 30.3 Å². The maximum atomic E-state index is 13.0. The van der Waals surface area contributed by atoms with E-state index in [9.17, 15) is 22.8 Å². The smallest absolute Gasteiger partial charge is 0.325 e. The molecule has 3 rings (SSSR count). The Balaban J connectivity index is 1.77. The second-order valence-electron chi connectivity index (χ2n) is 5.90. The number of alkyl halides is 3. The van der Waals surface area contributed by atoms with Gasteiger partial charge >= 0.3 is 6.18 Å². The minimum absolute atomic E-state index is 0.297. The summed E-state index contributed by atoms with van der Waals surface area (Å²) in [4.78, 5) is 24.9. The van der Waals surface area contributed by atoms with Gasteiger partial charge < -0.3 is 10.6 Å². The molecule has 0 atom stereocenters. The van der Waals surface area contributed by atoms with Gasteiger partial charge in [0, 0.05) is 5.69 Å². The van der Waals surface area contributed by atoms with E-state index in [-0.39, 0.29) is 5.69 Å². The highest BCUT2D eigenvalue weighted by Crippen LogP contribution is 2.48. The summed E-state index contributed by atoms with van der Waals surface area (Å²) >= 11 is 0. The van der Waals surface area contributed by atoms with Crippen LogP contribution >= 0.6 is 0 Å². The van der Waals surface area contributed by atoms with Gasteiger partial charge in [-0.2, -0.15) is 13.2 Å². The zero-order chi connectivity index (χ0) is 18.1. The average Bonchev–Trinajstić information content (AvgIpc) is 3.37. The van der Waals surface area contributed by atoms with Crippen LogP contribution in [0.1, 0.15) is 18.4 Å². The highest BCUT2D eigenvalue weighted by Gasteiger charge is 2.56. The van der Waals surface area contributed by atoms with Gasteiger partial charge in [0.15, 0.2) is 0 Å². The minimum Gasteiger partial charge on any atom is -0.325 e. The standard InChI is InChI=1S/C18H15F3N2O2/c19-18(20,21)13-8-4-5-9-14(13)23-16(25)17(10-11-17)15(24)22-12-6-2-1-3-7-12/h1-9H,10-11H2,(H,22,24)(H,23,25). The number of anilines is 2. The van der Waals surface area contributed by atoms with Crippen molar-refractivity contribution in [1.29, 1.82) is 0 Å². The van der Waals surface area contributed by atoms with Crippen LogP contribution in [-0.4, -0.2) is 11.8 Å². The first-order valence-electron chi connectivity index (χ1n) is 7.67. The third-order valence-electron chi connectivity index (χ3n) is 4.13. The molecule has 0 spiro atoms. The molecule has 2 N–H and O–H groups in total. The van der Waals surface area contributed by atoms with Gasteiger partial charge in [0.2, 0.25) is 11.8 Å². The van der Waals surface area contributed by atoms with Crippen molar-refractivity contribution in [1.82, 2.24) is 0 Å². The van der Waals surface area contributed by atoms with Crippen molar-refractivity contribution in [3.05, 3.63) is 60.2 Å². The van der Waals surface area contributed by atoms with Gasteiger partial charge in [-0.3, -0.25) is 9.59 Å². The summed E-state index contributed by atoms with van der Waals surface area (Å²) in [6, 6.07) is 13.3. The van der Waals surface area contributed by atoms with E-state index in [0.29, 0.717) is 18.5 Å². The molecular weight excluding hydrogens is 333 g/mol. The summed E-state index contributed by atoms with van der Waals surface area (Å²) in [5.41, 5.74) is -2.09. The Bertz CT molecular complexity index is 799. The van der Waals surface area contributed by atoms with E-state index >= 15 is 0 Å². The molecule has 2 aromatic carbocycles. The zero-order valence-corrected chi connectivity index (χ0v) is 13.1. The molecule has 25 heavy (non-hydrogen) atoms. The normalized spacial score (nSPS) is 15.3. The topological polar surface area (TPSA) is 58.2 Å². The maximum absolute atomic E-state index is 13.0. The Morgan fingerprint density at radius 3 is 2.00 bits per heavy atom. The monoisotopic (exact) mass is 348 g/mol. The molecule has 1 aliphatic rings. The number of benzene rings is 2. The third kappa shape index (κ3) is 3.50. The van der Waals surface area contributed by atoms with Crippen molar-refractivity contribution >= 4 is 23.2 Å². The predicted octanol–water partition coefficient (Wildman–Crippen LogP) is 4.06. The van der Waals surface area contributed by atoms with Crippen LogP contribution in [0.15, 0.2) is 54.6 Å². The number of para-hydroxylation sites is 2. The van der Waals surface area contributed by atoms with Crippen LogP contribution in [0.2, 0.25) is 0 Å². The molecule has 2 amide bonds. The number of amides is 2. The van der Waals surface area contributed by atoms with Gasteiger partial charge in [-0.25, -0.2) is 0 Å². The third-order valence-corrected chi connectivity index (χ3v) is 4.13. The number of hydrogen-bond donors (Lipinski definition) is 2. The highest BCUT2D eigenvalue weighted by molar-refractivity contribution is 6.17. The van der Waals surface area contributed by atoms with Gasteiger partial charge in [-0.05, 0) is 37.1 Å². The van der Waals surface area contributed by atoms with Crippen molar-refractivity contribution in [3.8, 4) is 0 Å². The van der Waals surface area contributed by atoms with Crippen molar-refractivity contribution in [2.45, 2.75) is 19.0 Å². The lowest BCUT2D eigenvalue weighted by molar-refractivity contribution is -0.137. The summed E-state index contributed by atoms with van der Waals surface area (Å²) in [6.07, 6.45) is -4.00.